The van der Waals surface area contributed by atoms with Crippen LogP contribution in [0.1, 0.15) is 47.6 Å². The summed E-state index contributed by atoms with van der Waals surface area (Å²) in [6, 6.07) is 17.2. The van der Waals surface area contributed by atoms with E-state index < -0.39 is 0 Å². The zero-order valence-corrected chi connectivity index (χ0v) is 23.5. The molecule has 6 rings (SSSR count). The van der Waals surface area contributed by atoms with Gasteiger partial charge in [0.05, 0.1) is 6.04 Å². The Morgan fingerprint density at radius 1 is 1.07 bits per heavy atom. The highest BCUT2D eigenvalue weighted by Crippen LogP contribution is 2.36. The molecule has 3 N–H and O–H groups in total. The first-order chi connectivity index (χ1) is 20.4. The van der Waals surface area contributed by atoms with Gasteiger partial charge in [-0.05, 0) is 61.1 Å². The molecular formula is C33H31N7O2. The Balaban J connectivity index is 1.27. The van der Waals surface area contributed by atoms with E-state index >= 15 is 0 Å². The van der Waals surface area contributed by atoms with Gasteiger partial charge in [0.1, 0.15) is 29.0 Å². The van der Waals surface area contributed by atoms with Crippen molar-refractivity contribution in [3.63, 3.8) is 0 Å². The summed E-state index contributed by atoms with van der Waals surface area (Å²) in [6.45, 7) is 2.28. The minimum Gasteiger partial charge on any atom is -0.382 e. The SMILES string of the molecule is CC#CC(=O)N1CCCC1c1nc(-c2ccc(C(=O)NC3C=C(c4ccccc4)C=CN3C)cc2)c2c(N)nccn12. The number of fused-ring (bicyclic) bond motifs is 1. The van der Waals surface area contributed by atoms with E-state index in [1.165, 1.54) is 0 Å². The fraction of sp³-hybridized carbons (Fsp3) is 0.212. The second-order valence-corrected chi connectivity index (χ2v) is 10.3. The number of carbonyl (C=O) groups excluding carboxylic acids is 2. The number of allylic oxidation sites excluding steroid dienone is 2. The van der Waals surface area contributed by atoms with Crippen molar-refractivity contribution in [2.75, 3.05) is 19.3 Å². The number of amides is 2. The predicted molar refractivity (Wildman–Crippen MR) is 163 cm³/mol. The lowest BCUT2D eigenvalue weighted by Gasteiger charge is -2.29. The summed E-state index contributed by atoms with van der Waals surface area (Å²) in [5, 5.41) is 3.11. The van der Waals surface area contributed by atoms with Gasteiger partial charge in [-0.25, -0.2) is 9.97 Å². The van der Waals surface area contributed by atoms with Crippen molar-refractivity contribution >= 4 is 28.7 Å². The Bertz CT molecular complexity index is 1780. The molecule has 2 aliphatic heterocycles. The molecule has 4 heterocycles. The molecule has 42 heavy (non-hydrogen) atoms. The van der Waals surface area contributed by atoms with Gasteiger partial charge in [0.15, 0.2) is 0 Å². The molecule has 210 valence electrons. The second-order valence-electron chi connectivity index (χ2n) is 10.3. The first kappa shape index (κ1) is 26.8. The zero-order valence-electron chi connectivity index (χ0n) is 23.5. The molecule has 2 aromatic carbocycles. The number of carbonyl (C=O) groups is 2. The van der Waals surface area contributed by atoms with Crippen molar-refractivity contribution in [2.24, 2.45) is 0 Å². The van der Waals surface area contributed by atoms with E-state index in [9.17, 15) is 9.59 Å². The number of hydrogen-bond donors (Lipinski definition) is 2. The standard InChI is InChI=1S/C33H31N7O2/c1-3-8-28(41)39-18-7-11-26(39)32-37-29(30-31(34)35-17-20-40(30)32)23-12-14-24(15-13-23)33(42)36-27-21-25(16-19-38(27)2)22-9-5-4-6-10-22/h4-6,9-10,12-17,19-21,26-27H,7,11,18H2,1-2H3,(H2,34,35)(H,36,42). The maximum absolute atomic E-state index is 13.3. The van der Waals surface area contributed by atoms with Gasteiger partial charge in [-0.15, -0.1) is 0 Å². The molecule has 2 aromatic heterocycles. The summed E-state index contributed by atoms with van der Waals surface area (Å²) in [5.74, 6) is 6.02. The maximum Gasteiger partial charge on any atom is 0.299 e. The Hall–Kier alpha value is -5.36. The van der Waals surface area contributed by atoms with Crippen molar-refractivity contribution < 1.29 is 9.59 Å². The van der Waals surface area contributed by atoms with E-state index in [-0.39, 0.29) is 24.0 Å². The molecule has 9 nitrogen and oxygen atoms in total. The predicted octanol–water partition coefficient (Wildman–Crippen LogP) is 4.26. The third-order valence-corrected chi connectivity index (χ3v) is 7.73. The Labute approximate surface area is 244 Å². The summed E-state index contributed by atoms with van der Waals surface area (Å²) in [5.41, 5.74) is 11.1. The third kappa shape index (κ3) is 4.99. The number of hydrogen-bond acceptors (Lipinski definition) is 6. The molecular weight excluding hydrogens is 526 g/mol. The number of likely N-dealkylation sites (N-methyl/N-ethyl adjacent to an activating group) is 1. The van der Waals surface area contributed by atoms with Gasteiger partial charge in [0.25, 0.3) is 11.8 Å². The van der Waals surface area contributed by atoms with Crippen molar-refractivity contribution in [1.29, 1.82) is 0 Å². The Kier molecular flexibility index (Phi) is 7.19. The van der Waals surface area contributed by atoms with Crippen LogP contribution in [-0.2, 0) is 4.79 Å². The van der Waals surface area contributed by atoms with Crippen LogP contribution in [0.3, 0.4) is 0 Å². The third-order valence-electron chi connectivity index (χ3n) is 7.73. The van der Waals surface area contributed by atoms with Crippen LogP contribution in [0.2, 0.25) is 0 Å². The molecule has 1 fully saturated rings. The maximum atomic E-state index is 13.3. The molecule has 0 aliphatic carbocycles. The van der Waals surface area contributed by atoms with Crippen molar-refractivity contribution in [3.8, 4) is 23.1 Å². The van der Waals surface area contributed by atoms with Gasteiger partial charge in [-0.1, -0.05) is 48.4 Å². The van der Waals surface area contributed by atoms with Crippen molar-refractivity contribution in [1.82, 2.24) is 29.5 Å². The number of likely N-dealkylation sites (tertiary alicyclic amines) is 1. The van der Waals surface area contributed by atoms with Gasteiger partial charge in [-0.2, -0.15) is 0 Å². The minimum atomic E-state index is -0.294. The fourth-order valence-electron chi connectivity index (χ4n) is 5.58. The molecule has 0 bridgehead atoms. The number of benzene rings is 2. The van der Waals surface area contributed by atoms with E-state index in [0.29, 0.717) is 35.0 Å². The lowest BCUT2D eigenvalue weighted by Crippen LogP contribution is -2.43. The van der Waals surface area contributed by atoms with Crippen LogP contribution in [0, 0.1) is 11.8 Å². The number of nitrogens with one attached hydrogen (secondary N) is 1. The number of rotatable bonds is 5. The number of nitrogens with two attached hydrogens (primary N) is 1. The van der Waals surface area contributed by atoms with Gasteiger partial charge in [-0.3, -0.25) is 14.0 Å². The quantitative estimate of drug-likeness (QED) is 0.355. The van der Waals surface area contributed by atoms with Crippen LogP contribution in [0.15, 0.2) is 85.3 Å². The first-order valence-corrected chi connectivity index (χ1v) is 13.9. The number of nitrogen functional groups attached to an aromatic ring is 1. The number of imidazole rings is 1. The molecule has 2 amide bonds. The lowest BCUT2D eigenvalue weighted by atomic mass is 10.0. The highest BCUT2D eigenvalue weighted by molar-refractivity contribution is 5.96. The Morgan fingerprint density at radius 2 is 1.86 bits per heavy atom. The van der Waals surface area contributed by atoms with Gasteiger partial charge in [0.2, 0.25) is 0 Å². The summed E-state index contributed by atoms with van der Waals surface area (Å²) in [7, 11) is 1.93. The van der Waals surface area contributed by atoms with Crippen LogP contribution in [0.4, 0.5) is 5.82 Å². The summed E-state index contributed by atoms with van der Waals surface area (Å²) < 4.78 is 1.91. The molecule has 2 unspecified atom stereocenters. The highest BCUT2D eigenvalue weighted by Gasteiger charge is 2.33. The van der Waals surface area contributed by atoms with Gasteiger partial charge in [0, 0.05) is 43.3 Å². The average Bonchev–Trinajstić information content (AvgIpc) is 3.65. The van der Waals surface area contributed by atoms with E-state index in [1.54, 1.807) is 30.2 Å². The molecule has 2 atom stereocenters. The first-order valence-electron chi connectivity index (χ1n) is 13.9. The van der Waals surface area contributed by atoms with Crippen LogP contribution < -0.4 is 11.1 Å². The topological polar surface area (TPSA) is 109 Å². The van der Waals surface area contributed by atoms with E-state index in [2.05, 4.69) is 22.1 Å². The fourth-order valence-corrected chi connectivity index (χ4v) is 5.58. The van der Waals surface area contributed by atoms with Crippen molar-refractivity contribution in [2.45, 2.75) is 32.0 Å². The average molecular weight is 558 g/mol. The summed E-state index contributed by atoms with van der Waals surface area (Å²) >= 11 is 0. The van der Waals surface area contributed by atoms with E-state index in [4.69, 9.17) is 10.7 Å². The smallest absolute Gasteiger partial charge is 0.299 e. The molecule has 4 aromatic rings. The molecule has 9 heteroatoms. The summed E-state index contributed by atoms with van der Waals surface area (Å²) in [4.78, 5) is 39.0. The summed E-state index contributed by atoms with van der Waals surface area (Å²) in [6.07, 6.45) is 10.8. The van der Waals surface area contributed by atoms with E-state index in [1.807, 2.05) is 83.4 Å². The van der Waals surface area contributed by atoms with Crippen LogP contribution in [-0.4, -0.2) is 55.7 Å². The lowest BCUT2D eigenvalue weighted by molar-refractivity contribution is -0.126. The van der Waals surface area contributed by atoms with Crippen LogP contribution >= 0.6 is 0 Å². The molecule has 0 spiro atoms. The molecule has 1 saturated heterocycles. The molecule has 2 aliphatic rings. The number of nitrogens with zero attached hydrogens (tertiary/aromatic N) is 5. The van der Waals surface area contributed by atoms with E-state index in [0.717, 1.165) is 29.5 Å². The highest BCUT2D eigenvalue weighted by atomic mass is 16.2. The zero-order chi connectivity index (χ0) is 29.2. The largest absolute Gasteiger partial charge is 0.382 e. The van der Waals surface area contributed by atoms with Gasteiger partial charge < -0.3 is 20.9 Å². The monoisotopic (exact) mass is 557 g/mol. The van der Waals surface area contributed by atoms with Crippen molar-refractivity contribution in [3.05, 3.63) is 102 Å². The Morgan fingerprint density at radius 3 is 2.62 bits per heavy atom. The normalized spacial score (nSPS) is 18.0. The minimum absolute atomic E-state index is 0.189. The molecule has 0 radical (unpaired) electrons. The number of aromatic nitrogens is 3. The van der Waals surface area contributed by atoms with Gasteiger partial charge >= 0.3 is 0 Å². The number of anilines is 1. The van der Waals surface area contributed by atoms with Crippen LogP contribution in [0.5, 0.6) is 0 Å². The second kappa shape index (κ2) is 11.3. The molecule has 0 saturated carbocycles. The van der Waals surface area contributed by atoms with Crippen LogP contribution in [0.25, 0.3) is 22.3 Å².